The van der Waals surface area contributed by atoms with Crippen LogP contribution in [0.1, 0.15) is 6.42 Å². The Bertz CT molecular complexity index is 154. The summed E-state index contributed by atoms with van der Waals surface area (Å²) in [5.74, 6) is 0.923. The van der Waals surface area contributed by atoms with Gasteiger partial charge in [-0.3, -0.25) is 0 Å². The van der Waals surface area contributed by atoms with Crippen LogP contribution in [-0.4, -0.2) is 54.4 Å². The monoisotopic (exact) mass is 231 g/mol. The maximum absolute atomic E-state index is 11.9. The van der Waals surface area contributed by atoms with Gasteiger partial charge in [-0.15, -0.1) is 0 Å². The van der Waals surface area contributed by atoms with Gasteiger partial charge in [-0.2, -0.15) is 24.9 Å². The Morgan fingerprint density at radius 3 is 2.43 bits per heavy atom. The van der Waals surface area contributed by atoms with Gasteiger partial charge in [0.05, 0.1) is 0 Å². The second-order valence-corrected chi connectivity index (χ2v) is 4.15. The summed E-state index contributed by atoms with van der Waals surface area (Å²) in [4.78, 5) is 1.49. The maximum Gasteiger partial charge on any atom is 0.415 e. The van der Waals surface area contributed by atoms with Crippen LogP contribution in [0.2, 0.25) is 0 Å². The van der Waals surface area contributed by atoms with E-state index in [9.17, 15) is 13.2 Å². The minimum Gasteiger partial charge on any atom is -0.382 e. The number of hydrogen-bond acceptors (Lipinski definition) is 3. The molecule has 0 bridgehead atoms. The lowest BCUT2D eigenvalue weighted by molar-refractivity contribution is -0.207. The molecule has 6 heteroatoms. The number of aliphatic hydroxyl groups excluding tert-OH is 1. The Balaban J connectivity index is 3.66. The minimum absolute atomic E-state index is 0.349. The predicted molar refractivity (Wildman–Crippen MR) is 52.6 cm³/mol. The summed E-state index contributed by atoms with van der Waals surface area (Å²) in [5, 5.41) is 8.74. The van der Waals surface area contributed by atoms with Gasteiger partial charge >= 0.3 is 6.18 Å². The number of likely N-dealkylation sites (N-methyl/N-ethyl adjacent to an activating group) is 1. The normalized spacial score (nSPS) is 14.8. The van der Waals surface area contributed by atoms with E-state index in [4.69, 9.17) is 5.11 Å². The minimum atomic E-state index is -4.51. The molecule has 0 rings (SSSR count). The highest BCUT2D eigenvalue weighted by Crippen LogP contribution is 2.20. The highest BCUT2D eigenvalue weighted by Gasteiger charge is 2.38. The van der Waals surface area contributed by atoms with Crippen molar-refractivity contribution in [3.05, 3.63) is 0 Å². The molecule has 1 unspecified atom stereocenters. The molecule has 0 aromatic carbocycles. The van der Waals surface area contributed by atoms with Crippen molar-refractivity contribution >= 4 is 11.8 Å². The summed E-state index contributed by atoms with van der Waals surface area (Å²) >= 11 is 1.66. The first kappa shape index (κ1) is 14.1. The fourth-order valence-corrected chi connectivity index (χ4v) is 1.39. The van der Waals surface area contributed by atoms with Crippen molar-refractivity contribution < 1.29 is 18.3 Å². The third-order valence-electron chi connectivity index (χ3n) is 1.75. The van der Waals surface area contributed by atoms with Crippen LogP contribution in [0.5, 0.6) is 0 Å². The average Bonchev–Trinajstić information content (AvgIpc) is 2.03. The highest BCUT2D eigenvalue weighted by molar-refractivity contribution is 7.98. The van der Waals surface area contributed by atoms with E-state index in [1.54, 1.807) is 18.8 Å². The van der Waals surface area contributed by atoms with Gasteiger partial charge in [-0.05, 0) is 32.0 Å². The zero-order chi connectivity index (χ0) is 11.2. The molecule has 0 fully saturated rings. The lowest BCUT2D eigenvalue weighted by atomic mass is 10.3. The van der Waals surface area contributed by atoms with Crippen molar-refractivity contribution in [1.82, 2.24) is 4.90 Å². The number of aliphatic hydroxyl groups is 1. The first-order valence-electron chi connectivity index (χ1n) is 4.30. The van der Waals surface area contributed by atoms with Gasteiger partial charge in [0.15, 0.2) is 6.10 Å². The zero-order valence-corrected chi connectivity index (χ0v) is 9.16. The topological polar surface area (TPSA) is 23.5 Å². The standard InChI is InChI=1S/C8H16F3NOS/c1-12(4-3-5-14-2)6-7(13)8(9,10)11/h7,13H,3-6H2,1-2H3. The molecule has 0 saturated carbocycles. The second kappa shape index (κ2) is 6.53. The van der Waals surface area contributed by atoms with Crippen molar-refractivity contribution in [2.24, 2.45) is 0 Å². The summed E-state index contributed by atoms with van der Waals surface area (Å²) < 4.78 is 35.8. The summed E-state index contributed by atoms with van der Waals surface area (Å²) in [6.07, 6.45) is -3.96. The first-order chi connectivity index (χ1) is 6.38. The number of halogens is 3. The van der Waals surface area contributed by atoms with E-state index in [2.05, 4.69) is 0 Å². The molecule has 0 aromatic rings. The Morgan fingerprint density at radius 2 is 2.00 bits per heavy atom. The van der Waals surface area contributed by atoms with Crippen molar-refractivity contribution in [2.45, 2.75) is 18.7 Å². The molecule has 0 spiro atoms. The molecule has 1 N–H and O–H groups in total. The van der Waals surface area contributed by atoms with Crippen LogP contribution in [0, 0.1) is 0 Å². The zero-order valence-electron chi connectivity index (χ0n) is 8.34. The van der Waals surface area contributed by atoms with Gasteiger partial charge in [0.25, 0.3) is 0 Å². The Morgan fingerprint density at radius 1 is 1.43 bits per heavy atom. The summed E-state index contributed by atoms with van der Waals surface area (Å²) in [5.41, 5.74) is 0. The van der Waals surface area contributed by atoms with E-state index < -0.39 is 12.3 Å². The van der Waals surface area contributed by atoms with Crippen LogP contribution < -0.4 is 0 Å². The molecule has 0 saturated heterocycles. The third-order valence-corrected chi connectivity index (χ3v) is 2.45. The molecule has 0 aliphatic rings. The van der Waals surface area contributed by atoms with Crippen LogP contribution in [0.25, 0.3) is 0 Å². The van der Waals surface area contributed by atoms with Crippen molar-refractivity contribution in [2.75, 3.05) is 32.1 Å². The van der Waals surface area contributed by atoms with Gasteiger partial charge in [-0.1, -0.05) is 0 Å². The van der Waals surface area contributed by atoms with Crippen molar-refractivity contribution in [1.29, 1.82) is 0 Å². The molecule has 0 radical (unpaired) electrons. The van der Waals surface area contributed by atoms with Gasteiger partial charge < -0.3 is 10.0 Å². The molecule has 1 atom stereocenters. The summed E-state index contributed by atoms with van der Waals surface area (Å²) in [7, 11) is 1.58. The largest absolute Gasteiger partial charge is 0.415 e. The molecular weight excluding hydrogens is 215 g/mol. The van der Waals surface area contributed by atoms with Crippen molar-refractivity contribution in [3.63, 3.8) is 0 Å². The van der Waals surface area contributed by atoms with Gasteiger partial charge in [0.1, 0.15) is 0 Å². The fraction of sp³-hybridized carbons (Fsp3) is 1.00. The molecule has 0 aliphatic heterocycles. The number of thioether (sulfide) groups is 1. The van der Waals surface area contributed by atoms with E-state index in [0.717, 1.165) is 12.2 Å². The molecule has 0 amide bonds. The highest BCUT2D eigenvalue weighted by atomic mass is 32.2. The summed E-state index contributed by atoms with van der Waals surface area (Å²) in [6.45, 7) is 0.228. The smallest absolute Gasteiger partial charge is 0.382 e. The van der Waals surface area contributed by atoms with E-state index in [1.165, 1.54) is 4.90 Å². The van der Waals surface area contributed by atoms with Gasteiger partial charge in [0, 0.05) is 6.54 Å². The molecule has 0 aromatic heterocycles. The van der Waals surface area contributed by atoms with Crippen LogP contribution in [0.3, 0.4) is 0 Å². The number of rotatable bonds is 6. The maximum atomic E-state index is 11.9. The van der Waals surface area contributed by atoms with Crippen LogP contribution >= 0.6 is 11.8 Å². The lowest BCUT2D eigenvalue weighted by Crippen LogP contribution is -2.39. The van der Waals surface area contributed by atoms with E-state index in [-0.39, 0.29) is 6.54 Å². The SMILES string of the molecule is CSCCCN(C)CC(O)C(F)(F)F. The van der Waals surface area contributed by atoms with E-state index in [0.29, 0.717) is 6.54 Å². The summed E-state index contributed by atoms with van der Waals surface area (Å²) in [6, 6.07) is 0. The van der Waals surface area contributed by atoms with Gasteiger partial charge in [0.2, 0.25) is 0 Å². The molecular formula is C8H16F3NOS. The molecule has 0 heterocycles. The van der Waals surface area contributed by atoms with E-state index in [1.807, 2.05) is 6.26 Å². The van der Waals surface area contributed by atoms with Crippen molar-refractivity contribution in [3.8, 4) is 0 Å². The Kier molecular flexibility index (Phi) is 6.55. The third kappa shape index (κ3) is 6.50. The molecule has 0 aliphatic carbocycles. The lowest BCUT2D eigenvalue weighted by Gasteiger charge is -2.21. The van der Waals surface area contributed by atoms with Gasteiger partial charge in [-0.25, -0.2) is 0 Å². The Hall–Kier alpha value is 0.0600. The first-order valence-corrected chi connectivity index (χ1v) is 5.69. The second-order valence-electron chi connectivity index (χ2n) is 3.17. The number of alkyl halides is 3. The van der Waals surface area contributed by atoms with Crippen LogP contribution in [0.15, 0.2) is 0 Å². The Labute approximate surface area is 86.5 Å². The fourth-order valence-electron chi connectivity index (χ4n) is 0.969. The van der Waals surface area contributed by atoms with Crippen LogP contribution in [0.4, 0.5) is 13.2 Å². The number of nitrogens with zero attached hydrogens (tertiary/aromatic N) is 1. The average molecular weight is 231 g/mol. The molecule has 86 valence electrons. The predicted octanol–water partition coefficient (Wildman–Crippen LogP) is 1.59. The van der Waals surface area contributed by atoms with Crippen LogP contribution in [-0.2, 0) is 0 Å². The van der Waals surface area contributed by atoms with E-state index >= 15 is 0 Å². The quantitative estimate of drug-likeness (QED) is 0.702. The molecule has 2 nitrogen and oxygen atoms in total. The number of hydrogen-bond donors (Lipinski definition) is 1. The molecule has 14 heavy (non-hydrogen) atoms.